The standard InChI is InChI=1S/C21H25N5O2/c27-20(24-17-12-14-6-4-5-7-15(14)13-17)18-19(23-11-10-22-18)26-21(28)25-16-8-2-1-3-9-16/h4-7,10-11,16-17H,1-3,8-9,12-13H2,(H,24,27)(H2,23,25,26,28). The molecule has 1 aromatic heterocycles. The summed E-state index contributed by atoms with van der Waals surface area (Å²) in [6, 6.07) is 8.07. The Bertz CT molecular complexity index is 838. The summed E-state index contributed by atoms with van der Waals surface area (Å²) >= 11 is 0. The van der Waals surface area contributed by atoms with E-state index in [1.165, 1.54) is 29.9 Å². The van der Waals surface area contributed by atoms with E-state index < -0.39 is 0 Å². The van der Waals surface area contributed by atoms with Gasteiger partial charge in [-0.25, -0.2) is 14.8 Å². The van der Waals surface area contributed by atoms with Gasteiger partial charge in [-0.1, -0.05) is 43.5 Å². The van der Waals surface area contributed by atoms with Crippen LogP contribution >= 0.6 is 0 Å². The van der Waals surface area contributed by atoms with Crippen molar-refractivity contribution in [3.8, 4) is 0 Å². The molecule has 2 aliphatic rings. The molecule has 146 valence electrons. The first-order valence-electron chi connectivity index (χ1n) is 9.95. The Balaban J connectivity index is 1.38. The van der Waals surface area contributed by atoms with Gasteiger partial charge in [0.15, 0.2) is 11.5 Å². The minimum atomic E-state index is -0.338. The molecule has 1 heterocycles. The van der Waals surface area contributed by atoms with Gasteiger partial charge in [0.25, 0.3) is 5.91 Å². The summed E-state index contributed by atoms with van der Waals surface area (Å²) in [7, 11) is 0. The highest BCUT2D eigenvalue weighted by Gasteiger charge is 2.25. The van der Waals surface area contributed by atoms with Gasteiger partial charge in [0.2, 0.25) is 0 Å². The van der Waals surface area contributed by atoms with Gasteiger partial charge < -0.3 is 10.6 Å². The van der Waals surface area contributed by atoms with E-state index in [1.54, 1.807) is 0 Å². The lowest BCUT2D eigenvalue weighted by atomic mass is 9.96. The second kappa shape index (κ2) is 8.37. The summed E-state index contributed by atoms with van der Waals surface area (Å²) in [5.41, 5.74) is 2.66. The van der Waals surface area contributed by atoms with Gasteiger partial charge in [-0.15, -0.1) is 0 Å². The van der Waals surface area contributed by atoms with Crippen LogP contribution in [0, 0.1) is 0 Å². The third-order valence-electron chi connectivity index (χ3n) is 5.47. The predicted molar refractivity (Wildman–Crippen MR) is 106 cm³/mol. The zero-order chi connectivity index (χ0) is 19.3. The van der Waals surface area contributed by atoms with Crippen LogP contribution in [0.1, 0.15) is 53.7 Å². The number of fused-ring (bicyclic) bond motifs is 1. The number of anilines is 1. The van der Waals surface area contributed by atoms with E-state index in [2.05, 4.69) is 38.1 Å². The van der Waals surface area contributed by atoms with E-state index in [1.807, 2.05) is 12.1 Å². The molecule has 2 aromatic rings. The van der Waals surface area contributed by atoms with Crippen LogP contribution in [0.2, 0.25) is 0 Å². The number of amides is 3. The molecule has 3 amide bonds. The highest BCUT2D eigenvalue weighted by Crippen LogP contribution is 2.22. The molecular weight excluding hydrogens is 354 g/mol. The maximum Gasteiger partial charge on any atom is 0.320 e. The van der Waals surface area contributed by atoms with E-state index in [0.717, 1.165) is 38.5 Å². The first-order chi connectivity index (χ1) is 13.7. The number of nitrogens with one attached hydrogen (secondary N) is 3. The Morgan fingerprint density at radius 2 is 1.54 bits per heavy atom. The molecule has 0 unspecified atom stereocenters. The molecule has 0 radical (unpaired) electrons. The number of hydrogen-bond donors (Lipinski definition) is 3. The number of aromatic nitrogens is 2. The van der Waals surface area contributed by atoms with Crippen molar-refractivity contribution in [3.05, 3.63) is 53.5 Å². The maximum atomic E-state index is 12.8. The molecule has 1 aromatic carbocycles. The smallest absolute Gasteiger partial charge is 0.320 e. The fourth-order valence-corrected chi connectivity index (χ4v) is 4.09. The van der Waals surface area contributed by atoms with E-state index in [-0.39, 0.29) is 35.5 Å². The first kappa shape index (κ1) is 18.4. The van der Waals surface area contributed by atoms with E-state index in [0.29, 0.717) is 0 Å². The average Bonchev–Trinajstić information content (AvgIpc) is 3.11. The van der Waals surface area contributed by atoms with Crippen molar-refractivity contribution in [2.45, 2.75) is 57.0 Å². The minimum Gasteiger partial charge on any atom is -0.347 e. The number of urea groups is 1. The zero-order valence-corrected chi connectivity index (χ0v) is 15.8. The summed E-state index contributed by atoms with van der Waals surface area (Å²) in [6.07, 6.45) is 9.99. The van der Waals surface area contributed by atoms with Crippen LogP contribution in [0.3, 0.4) is 0 Å². The molecule has 1 saturated carbocycles. The summed E-state index contributed by atoms with van der Waals surface area (Å²) in [5, 5.41) is 8.69. The normalized spacial score (nSPS) is 17.0. The Morgan fingerprint density at radius 1 is 0.857 bits per heavy atom. The van der Waals surface area contributed by atoms with E-state index in [9.17, 15) is 9.59 Å². The molecule has 0 spiro atoms. The topological polar surface area (TPSA) is 96.0 Å². The summed E-state index contributed by atoms with van der Waals surface area (Å²) in [5.74, 6) is -0.136. The van der Waals surface area contributed by atoms with Crippen molar-refractivity contribution < 1.29 is 9.59 Å². The molecule has 0 bridgehead atoms. The Kier molecular flexibility index (Phi) is 5.50. The average molecular weight is 379 g/mol. The van der Waals surface area contributed by atoms with Gasteiger partial charge in [-0.2, -0.15) is 0 Å². The molecule has 3 N–H and O–H groups in total. The van der Waals surface area contributed by atoms with Gasteiger partial charge >= 0.3 is 6.03 Å². The summed E-state index contributed by atoms with van der Waals surface area (Å²) in [6.45, 7) is 0. The molecule has 0 atom stereocenters. The Hall–Kier alpha value is -2.96. The molecule has 7 nitrogen and oxygen atoms in total. The van der Waals surface area contributed by atoms with Crippen molar-refractivity contribution >= 4 is 17.8 Å². The van der Waals surface area contributed by atoms with Crippen LogP contribution in [0.4, 0.5) is 10.6 Å². The molecule has 28 heavy (non-hydrogen) atoms. The second-order valence-electron chi connectivity index (χ2n) is 7.53. The molecule has 1 fully saturated rings. The molecule has 0 saturated heterocycles. The fourth-order valence-electron chi connectivity index (χ4n) is 4.09. The van der Waals surface area contributed by atoms with Gasteiger partial charge in [0.05, 0.1) is 0 Å². The third-order valence-corrected chi connectivity index (χ3v) is 5.47. The summed E-state index contributed by atoms with van der Waals surface area (Å²) in [4.78, 5) is 33.4. The van der Waals surface area contributed by atoms with Crippen LogP contribution in [-0.2, 0) is 12.8 Å². The van der Waals surface area contributed by atoms with Crippen LogP contribution in [0.15, 0.2) is 36.7 Å². The zero-order valence-electron chi connectivity index (χ0n) is 15.8. The third kappa shape index (κ3) is 4.30. The molecule has 4 rings (SSSR count). The molecule has 7 heteroatoms. The molecule has 0 aliphatic heterocycles. The number of benzene rings is 1. The van der Waals surface area contributed by atoms with Crippen molar-refractivity contribution in [1.29, 1.82) is 0 Å². The van der Waals surface area contributed by atoms with Gasteiger partial charge in [0, 0.05) is 24.5 Å². The monoisotopic (exact) mass is 379 g/mol. The van der Waals surface area contributed by atoms with Crippen molar-refractivity contribution in [2.75, 3.05) is 5.32 Å². The highest BCUT2D eigenvalue weighted by atomic mass is 16.2. The largest absolute Gasteiger partial charge is 0.347 e. The van der Waals surface area contributed by atoms with Gasteiger partial charge in [-0.05, 0) is 36.8 Å². The molecule has 2 aliphatic carbocycles. The SMILES string of the molecule is O=C(Nc1nccnc1C(=O)NC1Cc2ccccc2C1)NC1CCCCC1. The number of carbonyl (C=O) groups is 2. The van der Waals surface area contributed by atoms with Crippen LogP contribution in [-0.4, -0.2) is 34.0 Å². The minimum absolute atomic E-state index is 0.0239. The van der Waals surface area contributed by atoms with Crippen molar-refractivity contribution in [3.63, 3.8) is 0 Å². The summed E-state index contributed by atoms with van der Waals surface area (Å²) < 4.78 is 0. The van der Waals surface area contributed by atoms with Crippen LogP contribution < -0.4 is 16.0 Å². The lowest BCUT2D eigenvalue weighted by molar-refractivity contribution is 0.0934. The van der Waals surface area contributed by atoms with Crippen LogP contribution in [0.25, 0.3) is 0 Å². The van der Waals surface area contributed by atoms with Crippen LogP contribution in [0.5, 0.6) is 0 Å². The van der Waals surface area contributed by atoms with Gasteiger partial charge in [0.1, 0.15) is 0 Å². The number of rotatable bonds is 4. The Morgan fingerprint density at radius 3 is 2.25 bits per heavy atom. The maximum absolute atomic E-state index is 12.8. The number of nitrogens with zero attached hydrogens (tertiary/aromatic N) is 2. The predicted octanol–water partition coefficient (Wildman–Crippen LogP) is 2.83. The Labute approximate surface area is 164 Å². The van der Waals surface area contributed by atoms with E-state index >= 15 is 0 Å². The fraction of sp³-hybridized carbons (Fsp3) is 0.429. The van der Waals surface area contributed by atoms with Crippen molar-refractivity contribution in [1.82, 2.24) is 20.6 Å². The molecular formula is C21H25N5O2. The number of hydrogen-bond acceptors (Lipinski definition) is 4. The highest BCUT2D eigenvalue weighted by molar-refractivity contribution is 6.00. The van der Waals surface area contributed by atoms with E-state index in [4.69, 9.17) is 0 Å². The lowest BCUT2D eigenvalue weighted by Gasteiger charge is -2.23. The first-order valence-corrected chi connectivity index (χ1v) is 9.95. The quantitative estimate of drug-likeness (QED) is 0.761. The lowest BCUT2D eigenvalue weighted by Crippen LogP contribution is -2.40. The van der Waals surface area contributed by atoms with Crippen molar-refractivity contribution in [2.24, 2.45) is 0 Å². The number of carbonyl (C=O) groups excluding carboxylic acids is 2. The second-order valence-corrected chi connectivity index (χ2v) is 7.53. The van der Waals surface area contributed by atoms with Gasteiger partial charge in [-0.3, -0.25) is 10.1 Å².